The Bertz CT molecular complexity index is 241. The van der Waals surface area contributed by atoms with Crippen LogP contribution in [0.4, 0.5) is 0 Å². The lowest BCUT2D eigenvalue weighted by atomic mass is 9.88. The number of hydrogen-bond acceptors (Lipinski definition) is 3. The van der Waals surface area contributed by atoms with Crippen molar-refractivity contribution < 1.29 is 4.79 Å². The van der Waals surface area contributed by atoms with E-state index in [4.69, 9.17) is 0 Å². The largest absolute Gasteiger partial charge is 0.349 e. The van der Waals surface area contributed by atoms with Crippen LogP contribution in [-0.4, -0.2) is 49.0 Å². The molecule has 1 rings (SSSR count). The maximum Gasteiger partial charge on any atom is 0.223 e. The highest BCUT2D eigenvalue weighted by Crippen LogP contribution is 2.33. The molecule has 1 heterocycles. The molecule has 0 aromatic heterocycles. The predicted molar refractivity (Wildman–Crippen MR) is 70.8 cm³/mol. The zero-order valence-electron chi connectivity index (χ0n) is 10.9. The summed E-state index contributed by atoms with van der Waals surface area (Å²) >= 11 is 2.02. The second-order valence-corrected chi connectivity index (χ2v) is 6.60. The van der Waals surface area contributed by atoms with E-state index in [-0.39, 0.29) is 5.91 Å². The van der Waals surface area contributed by atoms with E-state index in [0.717, 1.165) is 6.54 Å². The van der Waals surface area contributed by atoms with Crippen molar-refractivity contribution in [2.75, 3.05) is 32.1 Å². The standard InChI is InChI=1S/C12H24N2OS/c1-12(2)7-10(8-16-9-12)13-6-5-11(15)14(3)4/h10,13H,5-9H2,1-4H3. The van der Waals surface area contributed by atoms with Gasteiger partial charge in [0, 0.05) is 38.9 Å². The van der Waals surface area contributed by atoms with Gasteiger partial charge in [-0.2, -0.15) is 11.8 Å². The monoisotopic (exact) mass is 244 g/mol. The molecule has 0 radical (unpaired) electrons. The average molecular weight is 244 g/mol. The summed E-state index contributed by atoms with van der Waals surface area (Å²) < 4.78 is 0. The van der Waals surface area contributed by atoms with Gasteiger partial charge in [0.2, 0.25) is 5.91 Å². The predicted octanol–water partition coefficient (Wildman–Crippen LogP) is 1.59. The van der Waals surface area contributed by atoms with Gasteiger partial charge in [-0.15, -0.1) is 0 Å². The Labute approximate surface area is 103 Å². The number of amides is 1. The molecule has 0 aromatic carbocycles. The minimum Gasteiger partial charge on any atom is -0.349 e. The molecule has 4 heteroatoms. The second kappa shape index (κ2) is 5.92. The van der Waals surface area contributed by atoms with Crippen molar-refractivity contribution in [2.45, 2.75) is 32.7 Å². The van der Waals surface area contributed by atoms with Crippen molar-refractivity contribution in [3.63, 3.8) is 0 Å². The van der Waals surface area contributed by atoms with E-state index in [1.165, 1.54) is 17.9 Å². The van der Waals surface area contributed by atoms with Gasteiger partial charge in [0.15, 0.2) is 0 Å². The Morgan fingerprint density at radius 2 is 2.19 bits per heavy atom. The van der Waals surface area contributed by atoms with E-state index >= 15 is 0 Å². The van der Waals surface area contributed by atoms with Gasteiger partial charge in [-0.3, -0.25) is 4.79 Å². The van der Waals surface area contributed by atoms with Gasteiger partial charge in [0.1, 0.15) is 0 Å². The molecule has 1 unspecified atom stereocenters. The van der Waals surface area contributed by atoms with Crippen LogP contribution < -0.4 is 5.32 Å². The van der Waals surface area contributed by atoms with E-state index in [1.54, 1.807) is 4.90 Å². The van der Waals surface area contributed by atoms with E-state index in [0.29, 0.717) is 17.9 Å². The van der Waals surface area contributed by atoms with Crippen LogP contribution in [0.1, 0.15) is 26.7 Å². The lowest BCUT2D eigenvalue weighted by Crippen LogP contribution is -2.41. The van der Waals surface area contributed by atoms with Gasteiger partial charge in [0.25, 0.3) is 0 Å². The van der Waals surface area contributed by atoms with Crippen LogP contribution in [0.15, 0.2) is 0 Å². The molecule has 1 aliphatic heterocycles. The molecule has 16 heavy (non-hydrogen) atoms. The summed E-state index contributed by atoms with van der Waals surface area (Å²) in [4.78, 5) is 13.0. The molecule has 1 N–H and O–H groups in total. The Morgan fingerprint density at radius 1 is 1.50 bits per heavy atom. The molecule has 0 aromatic rings. The average Bonchev–Trinajstić information content (AvgIpc) is 2.15. The SMILES string of the molecule is CN(C)C(=O)CCNC1CSCC(C)(C)C1. The van der Waals surface area contributed by atoms with Crippen LogP contribution >= 0.6 is 11.8 Å². The van der Waals surface area contributed by atoms with Crippen molar-refractivity contribution in [1.82, 2.24) is 10.2 Å². The first kappa shape index (κ1) is 13.8. The fraction of sp³-hybridized carbons (Fsp3) is 0.917. The Morgan fingerprint density at radius 3 is 2.75 bits per heavy atom. The topological polar surface area (TPSA) is 32.3 Å². The molecule has 3 nitrogen and oxygen atoms in total. The lowest BCUT2D eigenvalue weighted by Gasteiger charge is -2.35. The molecule has 0 aliphatic carbocycles. The summed E-state index contributed by atoms with van der Waals surface area (Å²) in [5, 5.41) is 3.49. The molecule has 1 atom stereocenters. The molecule has 1 saturated heterocycles. The number of nitrogens with zero attached hydrogens (tertiary/aromatic N) is 1. The highest BCUT2D eigenvalue weighted by atomic mass is 32.2. The van der Waals surface area contributed by atoms with E-state index < -0.39 is 0 Å². The van der Waals surface area contributed by atoms with Crippen LogP contribution in [0.3, 0.4) is 0 Å². The highest BCUT2D eigenvalue weighted by Gasteiger charge is 2.27. The minimum atomic E-state index is 0.204. The zero-order valence-corrected chi connectivity index (χ0v) is 11.7. The van der Waals surface area contributed by atoms with Gasteiger partial charge in [0.05, 0.1) is 0 Å². The number of nitrogens with one attached hydrogen (secondary N) is 1. The van der Waals surface area contributed by atoms with Gasteiger partial charge in [-0.25, -0.2) is 0 Å². The molecular weight excluding hydrogens is 220 g/mol. The molecule has 0 spiro atoms. The quantitative estimate of drug-likeness (QED) is 0.815. The molecule has 1 fully saturated rings. The first-order valence-corrected chi connectivity index (χ1v) is 7.07. The molecule has 1 amide bonds. The van der Waals surface area contributed by atoms with Crippen molar-refractivity contribution in [1.29, 1.82) is 0 Å². The summed E-state index contributed by atoms with van der Waals surface area (Å²) in [6.07, 6.45) is 1.82. The maximum absolute atomic E-state index is 11.4. The molecule has 1 aliphatic rings. The third kappa shape index (κ3) is 4.74. The van der Waals surface area contributed by atoms with Gasteiger partial charge >= 0.3 is 0 Å². The van der Waals surface area contributed by atoms with Crippen LogP contribution in [0.25, 0.3) is 0 Å². The zero-order chi connectivity index (χ0) is 12.2. The fourth-order valence-electron chi connectivity index (χ4n) is 2.00. The van der Waals surface area contributed by atoms with Crippen molar-refractivity contribution in [2.24, 2.45) is 5.41 Å². The smallest absolute Gasteiger partial charge is 0.223 e. The summed E-state index contributed by atoms with van der Waals surface area (Å²) in [5.41, 5.74) is 0.437. The minimum absolute atomic E-state index is 0.204. The van der Waals surface area contributed by atoms with Crippen LogP contribution in [0.2, 0.25) is 0 Å². The van der Waals surface area contributed by atoms with Gasteiger partial charge in [-0.05, 0) is 17.6 Å². The van der Waals surface area contributed by atoms with Crippen molar-refractivity contribution in [3.05, 3.63) is 0 Å². The molecular formula is C12H24N2OS. The number of carbonyl (C=O) groups excluding carboxylic acids is 1. The van der Waals surface area contributed by atoms with E-state index in [1.807, 2.05) is 25.9 Å². The van der Waals surface area contributed by atoms with Crippen molar-refractivity contribution >= 4 is 17.7 Å². The van der Waals surface area contributed by atoms with Crippen molar-refractivity contribution in [3.8, 4) is 0 Å². The number of hydrogen-bond donors (Lipinski definition) is 1. The van der Waals surface area contributed by atoms with Crippen LogP contribution in [-0.2, 0) is 4.79 Å². The second-order valence-electron chi connectivity index (χ2n) is 5.57. The summed E-state index contributed by atoms with van der Waals surface area (Å²) in [5.74, 6) is 2.64. The van der Waals surface area contributed by atoms with Gasteiger partial charge < -0.3 is 10.2 Å². The lowest BCUT2D eigenvalue weighted by molar-refractivity contribution is -0.128. The Hall–Kier alpha value is -0.220. The van der Waals surface area contributed by atoms with E-state index in [2.05, 4.69) is 19.2 Å². The molecule has 94 valence electrons. The summed E-state index contributed by atoms with van der Waals surface area (Å²) in [6, 6.07) is 0.573. The van der Waals surface area contributed by atoms with Gasteiger partial charge in [-0.1, -0.05) is 13.8 Å². The number of thioether (sulfide) groups is 1. The third-order valence-corrected chi connectivity index (χ3v) is 4.51. The molecule has 0 bridgehead atoms. The summed E-state index contributed by atoms with van der Waals surface area (Å²) in [7, 11) is 3.61. The maximum atomic E-state index is 11.4. The fourth-order valence-corrected chi connectivity index (χ4v) is 3.31. The number of carbonyl (C=O) groups is 1. The molecule has 0 saturated carbocycles. The first-order chi connectivity index (χ1) is 7.41. The Balaban J connectivity index is 2.20. The Kier molecular flexibility index (Phi) is 5.12. The van der Waals surface area contributed by atoms with Crippen LogP contribution in [0.5, 0.6) is 0 Å². The number of rotatable bonds is 4. The van der Waals surface area contributed by atoms with Crippen LogP contribution in [0, 0.1) is 5.41 Å². The highest BCUT2D eigenvalue weighted by molar-refractivity contribution is 7.99. The third-order valence-electron chi connectivity index (χ3n) is 2.88. The summed E-state index contributed by atoms with van der Waals surface area (Å²) in [6.45, 7) is 5.44. The van der Waals surface area contributed by atoms with E-state index in [9.17, 15) is 4.79 Å². The normalized spacial score (nSPS) is 24.1. The first-order valence-electron chi connectivity index (χ1n) is 5.92.